The van der Waals surface area contributed by atoms with Gasteiger partial charge in [-0.2, -0.15) is 18.4 Å². The van der Waals surface area contributed by atoms with Crippen molar-refractivity contribution in [2.45, 2.75) is 12.2 Å². The highest BCUT2D eigenvalue weighted by molar-refractivity contribution is 7.12. The van der Waals surface area contributed by atoms with Crippen molar-refractivity contribution in [2.24, 2.45) is 0 Å². The number of piperazine rings is 1. The summed E-state index contributed by atoms with van der Waals surface area (Å²) in [4.78, 5) is 21.1. The van der Waals surface area contributed by atoms with E-state index in [2.05, 4.69) is 4.98 Å². The zero-order valence-corrected chi connectivity index (χ0v) is 18.1. The Labute approximate surface area is 192 Å². The Kier molecular flexibility index (Phi) is 6.51. The van der Waals surface area contributed by atoms with Gasteiger partial charge in [0.25, 0.3) is 5.91 Å². The molecule has 1 unspecified atom stereocenters. The van der Waals surface area contributed by atoms with E-state index in [0.717, 1.165) is 6.07 Å². The second-order valence-corrected chi connectivity index (χ2v) is 8.36. The van der Waals surface area contributed by atoms with Gasteiger partial charge in [-0.05, 0) is 41.8 Å². The first kappa shape index (κ1) is 22.6. The van der Waals surface area contributed by atoms with E-state index in [4.69, 9.17) is 10.00 Å². The molecule has 0 spiro atoms. The summed E-state index contributed by atoms with van der Waals surface area (Å²) in [6.45, 7) is 1.10. The van der Waals surface area contributed by atoms with Crippen LogP contribution in [0.15, 0.2) is 60.2 Å². The molecule has 3 heterocycles. The molecule has 3 aromatic rings. The lowest BCUT2D eigenvalue weighted by atomic mass is 10.0. The Hall–Kier alpha value is -3.58. The van der Waals surface area contributed by atoms with Crippen molar-refractivity contribution in [3.05, 3.63) is 76.2 Å². The lowest BCUT2D eigenvalue weighted by Gasteiger charge is -2.42. The number of thiophene rings is 1. The van der Waals surface area contributed by atoms with Crippen LogP contribution in [0.1, 0.15) is 20.8 Å². The number of hydrogen-bond donors (Lipinski definition) is 0. The van der Waals surface area contributed by atoms with Crippen molar-refractivity contribution in [3.63, 3.8) is 0 Å². The SMILES string of the molecule is N#Cc1ccc(N2CCN(C(=O)c3cccs3)C(COc3cccnc3)C2)cc1C(F)(F)F. The molecule has 0 bridgehead atoms. The number of benzene rings is 1. The zero-order valence-electron chi connectivity index (χ0n) is 17.3. The number of pyridine rings is 1. The molecule has 1 amide bonds. The molecule has 0 N–H and O–H groups in total. The van der Waals surface area contributed by atoms with Crippen LogP contribution in [0.2, 0.25) is 0 Å². The summed E-state index contributed by atoms with van der Waals surface area (Å²) in [5.41, 5.74) is -1.05. The van der Waals surface area contributed by atoms with Crippen molar-refractivity contribution in [1.82, 2.24) is 9.88 Å². The molecule has 1 aromatic carbocycles. The standard InChI is InChI=1S/C23H19F3N4O2S/c24-23(25,26)20-11-17(6-5-16(20)12-27)29-8-9-30(22(31)21-4-2-10-33-21)18(14-29)15-32-19-3-1-7-28-13-19/h1-7,10-11,13,18H,8-9,14-15H2. The summed E-state index contributed by atoms with van der Waals surface area (Å²) < 4.78 is 46.2. The monoisotopic (exact) mass is 472 g/mol. The number of ether oxygens (including phenoxy) is 1. The van der Waals surface area contributed by atoms with Gasteiger partial charge in [-0.1, -0.05) is 6.07 Å². The van der Waals surface area contributed by atoms with Crippen LogP contribution in [-0.2, 0) is 6.18 Å². The molecule has 1 fully saturated rings. The summed E-state index contributed by atoms with van der Waals surface area (Å²) in [7, 11) is 0. The number of halogens is 3. The van der Waals surface area contributed by atoms with Gasteiger partial charge in [-0.25, -0.2) is 0 Å². The van der Waals surface area contributed by atoms with E-state index < -0.39 is 23.3 Å². The molecular formula is C23H19F3N4O2S. The Morgan fingerprint density at radius 2 is 2.09 bits per heavy atom. The van der Waals surface area contributed by atoms with Crippen molar-refractivity contribution >= 4 is 22.9 Å². The number of rotatable bonds is 5. The smallest absolute Gasteiger partial charge is 0.417 e. The highest BCUT2D eigenvalue weighted by atomic mass is 32.1. The van der Waals surface area contributed by atoms with E-state index in [9.17, 15) is 18.0 Å². The fourth-order valence-electron chi connectivity index (χ4n) is 3.73. The van der Waals surface area contributed by atoms with Gasteiger partial charge in [0.15, 0.2) is 0 Å². The maximum absolute atomic E-state index is 13.4. The van der Waals surface area contributed by atoms with Crippen LogP contribution < -0.4 is 9.64 Å². The first-order chi connectivity index (χ1) is 15.9. The van der Waals surface area contributed by atoms with Gasteiger partial charge in [-0.15, -0.1) is 11.3 Å². The predicted molar refractivity (Wildman–Crippen MR) is 117 cm³/mol. The number of alkyl halides is 3. The van der Waals surface area contributed by atoms with Crippen LogP contribution in [0.25, 0.3) is 0 Å². The summed E-state index contributed by atoms with van der Waals surface area (Å²) in [5, 5.41) is 10.9. The Bertz CT molecular complexity index is 1150. The molecule has 0 aliphatic carbocycles. The Balaban J connectivity index is 1.59. The number of nitrogens with zero attached hydrogens (tertiary/aromatic N) is 4. The molecule has 33 heavy (non-hydrogen) atoms. The van der Waals surface area contributed by atoms with Crippen molar-refractivity contribution in [1.29, 1.82) is 5.26 Å². The van der Waals surface area contributed by atoms with Gasteiger partial charge in [0.05, 0.1) is 34.3 Å². The number of anilines is 1. The maximum Gasteiger partial charge on any atom is 0.417 e. The van der Waals surface area contributed by atoms with Gasteiger partial charge >= 0.3 is 6.18 Å². The lowest BCUT2D eigenvalue weighted by Crippen LogP contribution is -2.57. The Morgan fingerprint density at radius 3 is 2.76 bits per heavy atom. The summed E-state index contributed by atoms with van der Waals surface area (Å²) in [6.07, 6.45) is -1.46. The number of amides is 1. The fourth-order valence-corrected chi connectivity index (χ4v) is 4.41. The number of carbonyl (C=O) groups excluding carboxylic acids is 1. The molecule has 1 aliphatic heterocycles. The molecule has 4 rings (SSSR count). The molecule has 0 saturated carbocycles. The van der Waals surface area contributed by atoms with Gasteiger partial charge < -0.3 is 14.5 Å². The van der Waals surface area contributed by atoms with Crippen LogP contribution in [-0.4, -0.2) is 48.1 Å². The zero-order chi connectivity index (χ0) is 23.4. The van der Waals surface area contributed by atoms with E-state index in [1.165, 1.54) is 23.5 Å². The molecule has 1 atom stereocenters. The van der Waals surface area contributed by atoms with E-state index in [1.54, 1.807) is 52.5 Å². The largest absolute Gasteiger partial charge is 0.490 e. The second kappa shape index (κ2) is 9.50. The molecule has 6 nitrogen and oxygen atoms in total. The normalized spacial score (nSPS) is 16.4. The predicted octanol–water partition coefficient (Wildman–Crippen LogP) is 4.44. The van der Waals surface area contributed by atoms with Crippen molar-refractivity contribution in [2.75, 3.05) is 31.1 Å². The van der Waals surface area contributed by atoms with Gasteiger partial charge in [0.1, 0.15) is 12.4 Å². The minimum Gasteiger partial charge on any atom is -0.490 e. The molecule has 10 heteroatoms. The number of nitriles is 1. The maximum atomic E-state index is 13.4. The molecule has 1 aliphatic rings. The molecule has 2 aromatic heterocycles. The highest BCUT2D eigenvalue weighted by Crippen LogP contribution is 2.35. The molecule has 1 saturated heterocycles. The second-order valence-electron chi connectivity index (χ2n) is 7.41. The van der Waals surface area contributed by atoms with Crippen molar-refractivity contribution in [3.8, 4) is 11.8 Å². The first-order valence-electron chi connectivity index (χ1n) is 10.1. The minimum absolute atomic E-state index is 0.139. The van der Waals surface area contributed by atoms with E-state index in [-0.39, 0.29) is 19.1 Å². The lowest BCUT2D eigenvalue weighted by molar-refractivity contribution is -0.137. The number of hydrogen-bond acceptors (Lipinski definition) is 6. The summed E-state index contributed by atoms with van der Waals surface area (Å²) in [6, 6.07) is 11.9. The third-order valence-electron chi connectivity index (χ3n) is 5.35. The minimum atomic E-state index is -4.64. The van der Waals surface area contributed by atoms with Gasteiger partial charge in [0, 0.05) is 31.5 Å². The number of carbonyl (C=O) groups is 1. The molecular weight excluding hydrogens is 453 g/mol. The van der Waals surface area contributed by atoms with Crippen LogP contribution in [0.4, 0.5) is 18.9 Å². The topological polar surface area (TPSA) is 69.5 Å². The van der Waals surface area contributed by atoms with Gasteiger partial charge in [0.2, 0.25) is 0 Å². The summed E-state index contributed by atoms with van der Waals surface area (Å²) in [5.74, 6) is 0.399. The van der Waals surface area contributed by atoms with Gasteiger partial charge in [-0.3, -0.25) is 9.78 Å². The third-order valence-corrected chi connectivity index (χ3v) is 6.20. The van der Waals surface area contributed by atoms with Crippen LogP contribution >= 0.6 is 11.3 Å². The average Bonchev–Trinajstić information content (AvgIpc) is 3.37. The first-order valence-corrected chi connectivity index (χ1v) is 11.0. The molecule has 170 valence electrons. The quantitative estimate of drug-likeness (QED) is 0.549. The highest BCUT2D eigenvalue weighted by Gasteiger charge is 2.36. The molecule has 0 radical (unpaired) electrons. The van der Waals surface area contributed by atoms with E-state index >= 15 is 0 Å². The Morgan fingerprint density at radius 1 is 1.24 bits per heavy atom. The van der Waals surface area contributed by atoms with Crippen LogP contribution in [0, 0.1) is 11.3 Å². The van der Waals surface area contributed by atoms with Crippen LogP contribution in [0.3, 0.4) is 0 Å². The summed E-state index contributed by atoms with van der Waals surface area (Å²) >= 11 is 1.34. The third kappa shape index (κ3) is 5.09. The van der Waals surface area contributed by atoms with E-state index in [1.807, 2.05) is 5.38 Å². The number of aromatic nitrogens is 1. The van der Waals surface area contributed by atoms with Crippen molar-refractivity contribution < 1.29 is 22.7 Å². The average molecular weight is 472 g/mol. The fraction of sp³-hybridized carbons (Fsp3) is 0.261. The van der Waals surface area contributed by atoms with Crippen LogP contribution in [0.5, 0.6) is 5.75 Å². The van der Waals surface area contributed by atoms with E-state index in [0.29, 0.717) is 29.4 Å².